The van der Waals surface area contributed by atoms with Crippen LogP contribution in [-0.2, 0) is 0 Å². The number of alkyl halides is 2. The SMILES string of the molecule is Cc1nc(C(F)F)c(N)cc1Cl. The third-order valence-electron chi connectivity index (χ3n) is 1.42. The predicted octanol–water partition coefficient (Wildman–Crippen LogP) is 2.56. The van der Waals surface area contributed by atoms with E-state index in [1.165, 1.54) is 6.07 Å². The molecular weight excluding hydrogens is 186 g/mol. The lowest BCUT2D eigenvalue weighted by Gasteiger charge is -2.05. The first kappa shape index (κ1) is 9.19. The van der Waals surface area contributed by atoms with Gasteiger partial charge in [0.15, 0.2) is 0 Å². The largest absolute Gasteiger partial charge is 0.397 e. The molecule has 0 aliphatic rings. The standard InChI is InChI=1S/C7H7ClF2N2/c1-3-4(8)2-5(11)6(12-3)7(9)10/h2,7H,11H2,1H3. The van der Waals surface area contributed by atoms with Gasteiger partial charge < -0.3 is 5.73 Å². The zero-order chi connectivity index (χ0) is 9.30. The fourth-order valence-electron chi connectivity index (χ4n) is 0.788. The summed E-state index contributed by atoms with van der Waals surface area (Å²) in [6.45, 7) is 1.55. The van der Waals surface area contributed by atoms with E-state index in [1.807, 2.05) is 0 Å². The van der Waals surface area contributed by atoms with E-state index in [-0.39, 0.29) is 5.69 Å². The molecule has 0 radical (unpaired) electrons. The summed E-state index contributed by atoms with van der Waals surface area (Å²) < 4.78 is 24.3. The van der Waals surface area contributed by atoms with Crippen LogP contribution in [0.1, 0.15) is 17.8 Å². The molecule has 12 heavy (non-hydrogen) atoms. The molecule has 0 unspecified atom stereocenters. The lowest BCUT2D eigenvalue weighted by atomic mass is 10.2. The van der Waals surface area contributed by atoms with E-state index in [1.54, 1.807) is 6.92 Å². The molecule has 0 aliphatic heterocycles. The average Bonchev–Trinajstić information content (AvgIpc) is 1.96. The van der Waals surface area contributed by atoms with Gasteiger partial charge in [0.1, 0.15) is 5.69 Å². The Bertz CT molecular complexity index is 302. The van der Waals surface area contributed by atoms with Crippen LogP contribution in [-0.4, -0.2) is 4.98 Å². The van der Waals surface area contributed by atoms with E-state index in [4.69, 9.17) is 17.3 Å². The van der Waals surface area contributed by atoms with Crippen LogP contribution in [0, 0.1) is 6.92 Å². The highest BCUT2D eigenvalue weighted by atomic mass is 35.5. The smallest absolute Gasteiger partial charge is 0.282 e. The summed E-state index contributed by atoms with van der Waals surface area (Å²) in [5.41, 5.74) is 5.15. The van der Waals surface area contributed by atoms with Crippen LogP contribution in [0.15, 0.2) is 6.07 Å². The Morgan fingerprint density at radius 3 is 2.67 bits per heavy atom. The molecule has 2 nitrogen and oxygen atoms in total. The van der Waals surface area contributed by atoms with Gasteiger partial charge in [0, 0.05) is 0 Å². The second-order valence-electron chi connectivity index (χ2n) is 2.33. The Kier molecular flexibility index (Phi) is 2.47. The number of halogens is 3. The molecule has 5 heteroatoms. The summed E-state index contributed by atoms with van der Waals surface area (Å²) in [5, 5.41) is 0.303. The van der Waals surface area contributed by atoms with Gasteiger partial charge in [0.05, 0.1) is 16.4 Å². The summed E-state index contributed by atoms with van der Waals surface area (Å²) in [5.74, 6) is 0. The zero-order valence-electron chi connectivity index (χ0n) is 6.31. The molecular formula is C7H7ClF2N2. The Balaban J connectivity index is 3.23. The Labute approximate surface area is 73.4 Å². The van der Waals surface area contributed by atoms with Crippen LogP contribution in [0.5, 0.6) is 0 Å². The molecule has 0 aromatic carbocycles. The van der Waals surface area contributed by atoms with Crippen molar-refractivity contribution >= 4 is 17.3 Å². The van der Waals surface area contributed by atoms with Gasteiger partial charge in [-0.15, -0.1) is 0 Å². The van der Waals surface area contributed by atoms with Crippen molar-refractivity contribution in [2.45, 2.75) is 13.3 Å². The van der Waals surface area contributed by atoms with Crippen molar-refractivity contribution in [1.29, 1.82) is 0 Å². The normalized spacial score (nSPS) is 10.8. The van der Waals surface area contributed by atoms with Crippen LogP contribution >= 0.6 is 11.6 Å². The molecule has 0 spiro atoms. The number of anilines is 1. The van der Waals surface area contributed by atoms with Gasteiger partial charge >= 0.3 is 0 Å². The second kappa shape index (κ2) is 3.23. The number of aryl methyl sites for hydroxylation is 1. The fourth-order valence-corrected chi connectivity index (χ4v) is 0.948. The molecule has 0 amide bonds. The first-order valence-electron chi connectivity index (χ1n) is 3.23. The van der Waals surface area contributed by atoms with E-state index >= 15 is 0 Å². The molecule has 0 bridgehead atoms. The molecule has 0 saturated heterocycles. The maximum atomic E-state index is 12.2. The van der Waals surface area contributed by atoms with Crippen molar-refractivity contribution in [3.63, 3.8) is 0 Å². The first-order chi connectivity index (χ1) is 5.52. The highest BCUT2D eigenvalue weighted by molar-refractivity contribution is 6.31. The predicted molar refractivity (Wildman–Crippen MR) is 43.4 cm³/mol. The van der Waals surface area contributed by atoms with Crippen LogP contribution < -0.4 is 5.73 Å². The lowest BCUT2D eigenvalue weighted by Crippen LogP contribution is -2.00. The topological polar surface area (TPSA) is 38.9 Å². The van der Waals surface area contributed by atoms with Gasteiger partial charge in [-0.1, -0.05) is 11.6 Å². The van der Waals surface area contributed by atoms with E-state index in [9.17, 15) is 8.78 Å². The number of aromatic nitrogens is 1. The molecule has 66 valence electrons. The minimum atomic E-state index is -2.65. The van der Waals surface area contributed by atoms with Gasteiger partial charge in [0.2, 0.25) is 0 Å². The average molecular weight is 193 g/mol. The third kappa shape index (κ3) is 1.64. The van der Waals surface area contributed by atoms with Gasteiger partial charge in [-0.25, -0.2) is 13.8 Å². The minimum absolute atomic E-state index is 0.0689. The van der Waals surface area contributed by atoms with Gasteiger partial charge in [-0.05, 0) is 13.0 Å². The summed E-state index contributed by atoms with van der Waals surface area (Å²) in [6, 6.07) is 1.28. The molecule has 0 saturated carbocycles. The highest BCUT2D eigenvalue weighted by Crippen LogP contribution is 2.26. The van der Waals surface area contributed by atoms with Crippen molar-refractivity contribution < 1.29 is 8.78 Å². The van der Waals surface area contributed by atoms with Crippen LogP contribution in [0.25, 0.3) is 0 Å². The zero-order valence-corrected chi connectivity index (χ0v) is 7.07. The number of hydrogen-bond acceptors (Lipinski definition) is 2. The van der Waals surface area contributed by atoms with Gasteiger partial charge in [0.25, 0.3) is 6.43 Å². The molecule has 1 aromatic rings. The number of nitrogen functional groups attached to an aromatic ring is 1. The molecule has 0 fully saturated rings. The van der Waals surface area contributed by atoms with Crippen LogP contribution in [0.2, 0.25) is 5.02 Å². The summed E-state index contributed by atoms with van der Waals surface area (Å²) >= 11 is 5.60. The fraction of sp³-hybridized carbons (Fsp3) is 0.286. The quantitative estimate of drug-likeness (QED) is 0.743. The first-order valence-corrected chi connectivity index (χ1v) is 3.61. The van der Waals surface area contributed by atoms with E-state index in [0.29, 0.717) is 10.7 Å². The van der Waals surface area contributed by atoms with Crippen LogP contribution in [0.3, 0.4) is 0 Å². The number of nitrogens with two attached hydrogens (primary N) is 1. The number of hydrogen-bond donors (Lipinski definition) is 1. The van der Waals surface area contributed by atoms with E-state index in [2.05, 4.69) is 4.98 Å². The maximum Gasteiger partial charge on any atom is 0.282 e. The van der Waals surface area contributed by atoms with Crippen molar-refractivity contribution in [3.05, 3.63) is 22.5 Å². The van der Waals surface area contributed by atoms with Crippen molar-refractivity contribution in [2.75, 3.05) is 5.73 Å². The Morgan fingerprint density at radius 1 is 1.58 bits per heavy atom. The highest BCUT2D eigenvalue weighted by Gasteiger charge is 2.14. The molecule has 0 atom stereocenters. The molecule has 1 heterocycles. The van der Waals surface area contributed by atoms with Gasteiger partial charge in [-0.3, -0.25) is 0 Å². The van der Waals surface area contributed by atoms with E-state index in [0.717, 1.165) is 0 Å². The monoisotopic (exact) mass is 192 g/mol. The summed E-state index contributed by atoms with van der Waals surface area (Å²) in [4.78, 5) is 3.56. The summed E-state index contributed by atoms with van der Waals surface area (Å²) in [7, 11) is 0. The number of rotatable bonds is 1. The van der Waals surface area contributed by atoms with E-state index < -0.39 is 12.1 Å². The van der Waals surface area contributed by atoms with Gasteiger partial charge in [-0.2, -0.15) is 0 Å². The third-order valence-corrected chi connectivity index (χ3v) is 1.80. The maximum absolute atomic E-state index is 12.2. The number of pyridine rings is 1. The van der Waals surface area contributed by atoms with Crippen molar-refractivity contribution in [2.24, 2.45) is 0 Å². The molecule has 2 N–H and O–H groups in total. The lowest BCUT2D eigenvalue weighted by molar-refractivity contribution is 0.147. The molecule has 1 rings (SSSR count). The van der Waals surface area contributed by atoms with Crippen molar-refractivity contribution in [1.82, 2.24) is 4.98 Å². The molecule has 1 aromatic heterocycles. The minimum Gasteiger partial charge on any atom is -0.397 e. The number of nitrogens with zero attached hydrogens (tertiary/aromatic N) is 1. The van der Waals surface area contributed by atoms with Crippen LogP contribution in [0.4, 0.5) is 14.5 Å². The Hall–Kier alpha value is -0.900. The molecule has 0 aliphatic carbocycles. The summed E-state index contributed by atoms with van der Waals surface area (Å²) in [6.07, 6.45) is -2.65. The Morgan fingerprint density at radius 2 is 2.17 bits per heavy atom. The second-order valence-corrected chi connectivity index (χ2v) is 2.74. The van der Waals surface area contributed by atoms with Crippen molar-refractivity contribution in [3.8, 4) is 0 Å².